The third kappa shape index (κ3) is 2.99. The van der Waals surface area contributed by atoms with Gasteiger partial charge in [-0.05, 0) is 33.2 Å². The van der Waals surface area contributed by atoms with Crippen LogP contribution in [0.25, 0.3) is 0 Å². The number of nitrogens with one attached hydrogen (secondary N) is 1. The van der Waals surface area contributed by atoms with Gasteiger partial charge in [0.1, 0.15) is 0 Å². The minimum Gasteiger partial charge on any atom is -0.348 e. The molecule has 96 valence electrons. The van der Waals surface area contributed by atoms with Gasteiger partial charge in [-0.3, -0.25) is 0 Å². The van der Waals surface area contributed by atoms with Gasteiger partial charge < -0.3 is 10.2 Å². The van der Waals surface area contributed by atoms with E-state index in [9.17, 15) is 0 Å². The van der Waals surface area contributed by atoms with Crippen molar-refractivity contribution in [3.05, 3.63) is 10.6 Å². The van der Waals surface area contributed by atoms with Crippen LogP contribution in [0.3, 0.4) is 0 Å². The molecule has 1 aliphatic rings. The van der Waals surface area contributed by atoms with Crippen LogP contribution in [0.2, 0.25) is 0 Å². The maximum Gasteiger partial charge on any atom is 0.185 e. The first-order valence-electron chi connectivity index (χ1n) is 6.69. The monoisotopic (exact) mass is 253 g/mol. The first kappa shape index (κ1) is 12.8. The van der Waals surface area contributed by atoms with Crippen molar-refractivity contribution in [2.24, 2.45) is 0 Å². The van der Waals surface area contributed by atoms with Crippen molar-refractivity contribution in [1.29, 1.82) is 0 Å². The largest absolute Gasteiger partial charge is 0.348 e. The second-order valence-electron chi connectivity index (χ2n) is 4.69. The molecule has 0 amide bonds. The summed E-state index contributed by atoms with van der Waals surface area (Å²) < 4.78 is 0. The van der Waals surface area contributed by atoms with E-state index in [-0.39, 0.29) is 0 Å². The van der Waals surface area contributed by atoms with E-state index in [1.807, 2.05) is 18.4 Å². The van der Waals surface area contributed by atoms with Gasteiger partial charge in [0.05, 0.1) is 5.69 Å². The number of rotatable bonds is 7. The summed E-state index contributed by atoms with van der Waals surface area (Å²) in [6, 6.07) is 0. The summed E-state index contributed by atoms with van der Waals surface area (Å²) in [5.74, 6) is 0.753. The summed E-state index contributed by atoms with van der Waals surface area (Å²) in [5.41, 5.74) is 1.37. The number of hydrogen-bond donors (Lipinski definition) is 1. The second kappa shape index (κ2) is 5.83. The molecule has 1 N–H and O–H groups in total. The van der Waals surface area contributed by atoms with Crippen molar-refractivity contribution in [1.82, 2.24) is 10.3 Å². The highest BCUT2D eigenvalue weighted by atomic mass is 32.1. The third-order valence-electron chi connectivity index (χ3n) is 3.16. The Morgan fingerprint density at radius 1 is 1.41 bits per heavy atom. The van der Waals surface area contributed by atoms with Crippen molar-refractivity contribution < 1.29 is 0 Å². The van der Waals surface area contributed by atoms with Crippen LogP contribution >= 0.6 is 11.3 Å². The molecule has 1 aromatic rings. The molecule has 2 rings (SSSR count). The van der Waals surface area contributed by atoms with E-state index in [0.29, 0.717) is 0 Å². The lowest BCUT2D eigenvalue weighted by atomic mass is 10.2. The summed E-state index contributed by atoms with van der Waals surface area (Å²) in [6.07, 6.45) is 3.85. The van der Waals surface area contributed by atoms with Gasteiger partial charge in [0, 0.05) is 30.4 Å². The fraction of sp³-hybridized carbons (Fsp3) is 0.769. The predicted molar refractivity (Wildman–Crippen MR) is 75.0 cm³/mol. The molecule has 1 aromatic heterocycles. The van der Waals surface area contributed by atoms with E-state index >= 15 is 0 Å². The molecule has 1 aliphatic carbocycles. The minimum absolute atomic E-state index is 0.753. The van der Waals surface area contributed by atoms with Crippen molar-refractivity contribution >= 4 is 16.5 Å². The van der Waals surface area contributed by atoms with Crippen LogP contribution in [0.15, 0.2) is 0 Å². The van der Waals surface area contributed by atoms with Gasteiger partial charge in [-0.25, -0.2) is 4.98 Å². The molecule has 0 saturated heterocycles. The van der Waals surface area contributed by atoms with Gasteiger partial charge in [-0.2, -0.15) is 0 Å². The topological polar surface area (TPSA) is 28.2 Å². The molecule has 0 aromatic carbocycles. The van der Waals surface area contributed by atoms with Crippen LogP contribution < -0.4 is 10.2 Å². The molecule has 1 heterocycles. The van der Waals surface area contributed by atoms with Gasteiger partial charge in [0.2, 0.25) is 0 Å². The molecule has 0 radical (unpaired) electrons. The molecular formula is C13H23N3S. The Bertz CT molecular complexity index is 358. The Labute approximate surface area is 108 Å². The zero-order chi connectivity index (χ0) is 12.3. The van der Waals surface area contributed by atoms with E-state index in [1.165, 1.54) is 35.0 Å². The van der Waals surface area contributed by atoms with Gasteiger partial charge in [-0.1, -0.05) is 6.92 Å². The van der Waals surface area contributed by atoms with Crippen LogP contribution in [-0.4, -0.2) is 25.1 Å². The fourth-order valence-electron chi connectivity index (χ4n) is 2.11. The van der Waals surface area contributed by atoms with Crippen molar-refractivity contribution in [2.45, 2.75) is 45.6 Å². The van der Waals surface area contributed by atoms with E-state index in [0.717, 1.165) is 25.6 Å². The molecule has 0 unspecified atom stereocenters. The smallest absolute Gasteiger partial charge is 0.185 e. The molecule has 17 heavy (non-hydrogen) atoms. The molecule has 0 atom stereocenters. The highest BCUT2D eigenvalue weighted by Crippen LogP contribution is 2.44. The van der Waals surface area contributed by atoms with Crippen LogP contribution in [0.5, 0.6) is 0 Å². The van der Waals surface area contributed by atoms with E-state index in [4.69, 9.17) is 4.98 Å². The predicted octanol–water partition coefficient (Wildman–Crippen LogP) is 2.98. The average Bonchev–Trinajstić information content (AvgIpc) is 3.09. The van der Waals surface area contributed by atoms with Gasteiger partial charge in [0.15, 0.2) is 5.13 Å². The first-order chi connectivity index (χ1) is 8.30. The molecule has 1 saturated carbocycles. The molecule has 0 bridgehead atoms. The summed E-state index contributed by atoms with van der Waals surface area (Å²) >= 11 is 1.88. The lowest BCUT2D eigenvalue weighted by Crippen LogP contribution is -2.23. The minimum atomic E-state index is 0.753. The Hall–Kier alpha value is -0.610. The molecule has 3 nitrogen and oxygen atoms in total. The Kier molecular flexibility index (Phi) is 4.40. The standard InChI is InChI=1S/C13H23N3S/c1-4-8-16(5-2)13-15-12(10-6-7-10)11(17-13)9-14-3/h10,14H,4-9H2,1-3H3. The van der Waals surface area contributed by atoms with Crippen LogP contribution in [0.4, 0.5) is 5.13 Å². The molecular weight excluding hydrogens is 230 g/mol. The zero-order valence-electron chi connectivity index (χ0n) is 11.1. The van der Waals surface area contributed by atoms with Crippen LogP contribution in [0, 0.1) is 0 Å². The first-order valence-corrected chi connectivity index (χ1v) is 7.50. The number of anilines is 1. The molecule has 0 aliphatic heterocycles. The molecule has 0 spiro atoms. The van der Waals surface area contributed by atoms with Crippen LogP contribution in [-0.2, 0) is 6.54 Å². The second-order valence-corrected chi connectivity index (χ2v) is 5.75. The van der Waals surface area contributed by atoms with E-state index in [2.05, 4.69) is 24.1 Å². The highest BCUT2D eigenvalue weighted by molar-refractivity contribution is 7.15. The lowest BCUT2D eigenvalue weighted by Gasteiger charge is -2.18. The third-order valence-corrected chi connectivity index (χ3v) is 4.30. The van der Waals surface area contributed by atoms with Crippen molar-refractivity contribution in [2.75, 3.05) is 25.0 Å². The van der Waals surface area contributed by atoms with Gasteiger partial charge in [0.25, 0.3) is 0 Å². The maximum absolute atomic E-state index is 4.89. The average molecular weight is 253 g/mol. The number of aromatic nitrogens is 1. The fourth-order valence-corrected chi connectivity index (χ4v) is 3.36. The number of nitrogens with zero attached hydrogens (tertiary/aromatic N) is 2. The summed E-state index contributed by atoms with van der Waals surface area (Å²) in [4.78, 5) is 8.73. The van der Waals surface area contributed by atoms with Crippen molar-refractivity contribution in [3.63, 3.8) is 0 Å². The van der Waals surface area contributed by atoms with Crippen LogP contribution in [0.1, 0.15) is 49.6 Å². The normalized spacial score (nSPS) is 15.2. The Balaban J connectivity index is 2.18. The number of hydrogen-bond acceptors (Lipinski definition) is 4. The van der Waals surface area contributed by atoms with E-state index < -0.39 is 0 Å². The summed E-state index contributed by atoms with van der Waals surface area (Å²) in [5, 5.41) is 4.48. The quantitative estimate of drug-likeness (QED) is 0.809. The number of thiazole rings is 1. The molecule has 1 fully saturated rings. The maximum atomic E-state index is 4.89. The lowest BCUT2D eigenvalue weighted by molar-refractivity contribution is 0.782. The summed E-state index contributed by atoms with van der Waals surface area (Å²) in [6.45, 7) is 7.59. The Morgan fingerprint density at radius 3 is 2.71 bits per heavy atom. The highest BCUT2D eigenvalue weighted by Gasteiger charge is 2.30. The van der Waals surface area contributed by atoms with Gasteiger partial charge >= 0.3 is 0 Å². The van der Waals surface area contributed by atoms with E-state index in [1.54, 1.807) is 0 Å². The Morgan fingerprint density at radius 2 is 2.18 bits per heavy atom. The van der Waals surface area contributed by atoms with Gasteiger partial charge in [-0.15, -0.1) is 11.3 Å². The van der Waals surface area contributed by atoms with Crippen molar-refractivity contribution in [3.8, 4) is 0 Å². The zero-order valence-corrected chi connectivity index (χ0v) is 11.9. The summed E-state index contributed by atoms with van der Waals surface area (Å²) in [7, 11) is 2.01. The SMILES string of the molecule is CCCN(CC)c1nc(C2CC2)c(CNC)s1. The molecule has 4 heteroatoms.